The standard InChI is InChI=1S/C14H15ClN2O/c1-18-14-5-3-2-4-13(14)17(16)10-11-6-8-12(15)9-7-11/h2-9H,10,16H2,1H3. The van der Waals surface area contributed by atoms with Crippen LogP contribution < -0.4 is 15.6 Å². The van der Waals surface area contributed by atoms with E-state index < -0.39 is 0 Å². The van der Waals surface area contributed by atoms with Gasteiger partial charge in [-0.15, -0.1) is 0 Å². The molecule has 2 aromatic rings. The van der Waals surface area contributed by atoms with Crippen LogP contribution in [-0.2, 0) is 6.54 Å². The van der Waals surface area contributed by atoms with Crippen LogP contribution in [0.4, 0.5) is 5.69 Å². The van der Waals surface area contributed by atoms with Gasteiger partial charge in [0.1, 0.15) is 5.75 Å². The molecule has 4 heteroatoms. The van der Waals surface area contributed by atoms with Gasteiger partial charge in [-0.1, -0.05) is 35.9 Å². The second-order valence-electron chi connectivity index (χ2n) is 3.93. The van der Waals surface area contributed by atoms with Crippen molar-refractivity contribution in [1.82, 2.24) is 0 Å². The number of hydrogen-bond acceptors (Lipinski definition) is 3. The molecule has 0 unspecified atom stereocenters. The summed E-state index contributed by atoms with van der Waals surface area (Å²) in [6.07, 6.45) is 0. The van der Waals surface area contributed by atoms with Crippen molar-refractivity contribution in [2.75, 3.05) is 12.1 Å². The summed E-state index contributed by atoms with van der Waals surface area (Å²) in [5, 5.41) is 2.38. The molecule has 0 aliphatic heterocycles. The minimum atomic E-state index is 0.595. The Balaban J connectivity index is 2.16. The van der Waals surface area contributed by atoms with E-state index in [0.29, 0.717) is 6.54 Å². The molecule has 0 saturated heterocycles. The van der Waals surface area contributed by atoms with E-state index >= 15 is 0 Å². The molecular formula is C14H15ClN2O. The number of ether oxygens (including phenoxy) is 1. The summed E-state index contributed by atoms with van der Waals surface area (Å²) in [5.41, 5.74) is 1.95. The Bertz CT molecular complexity index is 513. The Labute approximate surface area is 112 Å². The SMILES string of the molecule is COc1ccccc1N(N)Cc1ccc(Cl)cc1. The molecule has 0 spiro atoms. The highest BCUT2D eigenvalue weighted by atomic mass is 35.5. The van der Waals surface area contributed by atoms with Crippen LogP contribution in [-0.4, -0.2) is 7.11 Å². The molecule has 94 valence electrons. The zero-order valence-electron chi connectivity index (χ0n) is 10.1. The van der Waals surface area contributed by atoms with Gasteiger partial charge in [0.25, 0.3) is 0 Å². The number of para-hydroxylation sites is 2. The highest BCUT2D eigenvalue weighted by molar-refractivity contribution is 6.30. The van der Waals surface area contributed by atoms with Crippen LogP contribution in [0.15, 0.2) is 48.5 Å². The molecule has 3 nitrogen and oxygen atoms in total. The fourth-order valence-electron chi connectivity index (χ4n) is 1.74. The van der Waals surface area contributed by atoms with Crippen LogP contribution in [0.1, 0.15) is 5.56 Å². The molecule has 2 N–H and O–H groups in total. The number of halogens is 1. The Morgan fingerprint density at radius 3 is 2.44 bits per heavy atom. The molecule has 0 heterocycles. The number of rotatable bonds is 4. The minimum absolute atomic E-state index is 0.595. The summed E-state index contributed by atoms with van der Waals surface area (Å²) in [6, 6.07) is 15.3. The molecule has 0 saturated carbocycles. The van der Waals surface area contributed by atoms with Gasteiger partial charge >= 0.3 is 0 Å². The van der Waals surface area contributed by atoms with Gasteiger partial charge < -0.3 is 9.75 Å². The van der Waals surface area contributed by atoms with E-state index in [2.05, 4.69) is 0 Å². The fourth-order valence-corrected chi connectivity index (χ4v) is 1.86. The summed E-state index contributed by atoms with van der Waals surface area (Å²) >= 11 is 5.85. The first-order valence-electron chi connectivity index (χ1n) is 5.60. The maximum Gasteiger partial charge on any atom is 0.143 e. The summed E-state index contributed by atoms with van der Waals surface area (Å²) in [6.45, 7) is 0.595. The highest BCUT2D eigenvalue weighted by Crippen LogP contribution is 2.26. The normalized spacial score (nSPS) is 10.2. The first kappa shape index (κ1) is 12.7. The van der Waals surface area contributed by atoms with E-state index in [0.717, 1.165) is 22.0 Å². The largest absolute Gasteiger partial charge is 0.495 e. The van der Waals surface area contributed by atoms with Crippen LogP contribution >= 0.6 is 11.6 Å². The smallest absolute Gasteiger partial charge is 0.143 e. The number of methoxy groups -OCH3 is 1. The second-order valence-corrected chi connectivity index (χ2v) is 4.36. The third kappa shape index (κ3) is 2.94. The monoisotopic (exact) mass is 262 g/mol. The van der Waals surface area contributed by atoms with Gasteiger partial charge in [0, 0.05) is 5.02 Å². The van der Waals surface area contributed by atoms with Crippen LogP contribution in [0.2, 0.25) is 5.02 Å². The van der Waals surface area contributed by atoms with Gasteiger partial charge in [-0.25, -0.2) is 5.84 Å². The lowest BCUT2D eigenvalue weighted by molar-refractivity contribution is 0.414. The lowest BCUT2D eigenvalue weighted by atomic mass is 10.2. The van der Waals surface area contributed by atoms with Crippen molar-refractivity contribution >= 4 is 17.3 Å². The first-order valence-corrected chi connectivity index (χ1v) is 5.98. The zero-order valence-corrected chi connectivity index (χ0v) is 10.9. The number of anilines is 1. The van der Waals surface area contributed by atoms with Crippen molar-refractivity contribution in [3.05, 3.63) is 59.1 Å². The average Bonchev–Trinajstić information content (AvgIpc) is 2.41. The molecule has 0 amide bonds. The second kappa shape index (κ2) is 5.76. The molecule has 0 radical (unpaired) electrons. The van der Waals surface area contributed by atoms with Crippen molar-refractivity contribution in [2.24, 2.45) is 5.84 Å². The van der Waals surface area contributed by atoms with Crippen LogP contribution in [0, 0.1) is 0 Å². The van der Waals surface area contributed by atoms with Crippen molar-refractivity contribution in [3.63, 3.8) is 0 Å². The summed E-state index contributed by atoms with van der Waals surface area (Å²) in [7, 11) is 1.63. The van der Waals surface area contributed by atoms with E-state index in [1.807, 2.05) is 48.5 Å². The lowest BCUT2D eigenvalue weighted by Crippen LogP contribution is -2.30. The molecule has 0 atom stereocenters. The Kier molecular flexibility index (Phi) is 4.07. The van der Waals surface area contributed by atoms with Crippen molar-refractivity contribution < 1.29 is 4.74 Å². The maximum atomic E-state index is 6.06. The van der Waals surface area contributed by atoms with Crippen molar-refractivity contribution in [1.29, 1.82) is 0 Å². The third-order valence-electron chi connectivity index (χ3n) is 2.66. The van der Waals surface area contributed by atoms with E-state index in [9.17, 15) is 0 Å². The van der Waals surface area contributed by atoms with Gasteiger partial charge in [0.2, 0.25) is 0 Å². The highest BCUT2D eigenvalue weighted by Gasteiger charge is 2.08. The molecule has 0 aliphatic rings. The first-order chi connectivity index (χ1) is 8.70. The number of benzene rings is 2. The summed E-state index contributed by atoms with van der Waals surface area (Å²) in [5.74, 6) is 6.82. The summed E-state index contributed by atoms with van der Waals surface area (Å²) in [4.78, 5) is 0. The van der Waals surface area contributed by atoms with Gasteiger partial charge in [0.05, 0.1) is 19.3 Å². The maximum absolute atomic E-state index is 6.06. The number of nitrogens with two attached hydrogens (primary N) is 1. The van der Waals surface area contributed by atoms with E-state index in [1.165, 1.54) is 0 Å². The van der Waals surface area contributed by atoms with Crippen molar-refractivity contribution in [2.45, 2.75) is 6.54 Å². The Hall–Kier alpha value is -1.71. The Morgan fingerprint density at radius 2 is 1.78 bits per heavy atom. The average molecular weight is 263 g/mol. The van der Waals surface area contributed by atoms with Crippen LogP contribution in [0.25, 0.3) is 0 Å². The van der Waals surface area contributed by atoms with E-state index in [4.69, 9.17) is 22.2 Å². The molecule has 18 heavy (non-hydrogen) atoms. The van der Waals surface area contributed by atoms with E-state index in [1.54, 1.807) is 12.1 Å². The molecule has 2 aromatic carbocycles. The molecule has 2 rings (SSSR count). The van der Waals surface area contributed by atoms with Gasteiger partial charge in [-0.05, 0) is 29.8 Å². The van der Waals surface area contributed by atoms with Gasteiger partial charge in [-0.2, -0.15) is 0 Å². The zero-order chi connectivity index (χ0) is 13.0. The molecule has 0 aromatic heterocycles. The lowest BCUT2D eigenvalue weighted by Gasteiger charge is -2.21. The van der Waals surface area contributed by atoms with Crippen molar-refractivity contribution in [3.8, 4) is 5.75 Å². The van der Waals surface area contributed by atoms with Gasteiger partial charge in [0.15, 0.2) is 0 Å². The minimum Gasteiger partial charge on any atom is -0.495 e. The number of nitrogens with zero attached hydrogens (tertiary/aromatic N) is 1. The van der Waals surface area contributed by atoms with Crippen LogP contribution in [0.5, 0.6) is 5.75 Å². The fraction of sp³-hybridized carbons (Fsp3) is 0.143. The quantitative estimate of drug-likeness (QED) is 0.679. The number of hydrazine groups is 1. The van der Waals surface area contributed by atoms with Gasteiger partial charge in [-0.3, -0.25) is 0 Å². The van der Waals surface area contributed by atoms with E-state index in [-0.39, 0.29) is 0 Å². The molecule has 0 fully saturated rings. The molecular weight excluding hydrogens is 248 g/mol. The molecule has 0 aliphatic carbocycles. The number of hydrogen-bond donors (Lipinski definition) is 1. The predicted octanol–water partition coefficient (Wildman–Crippen LogP) is 3.23. The Morgan fingerprint density at radius 1 is 1.11 bits per heavy atom. The van der Waals surface area contributed by atoms with Crippen LogP contribution in [0.3, 0.4) is 0 Å². The topological polar surface area (TPSA) is 38.5 Å². The third-order valence-corrected chi connectivity index (χ3v) is 2.91. The molecule has 0 bridgehead atoms. The summed E-state index contributed by atoms with van der Waals surface area (Å²) < 4.78 is 5.28. The predicted molar refractivity (Wildman–Crippen MR) is 74.8 cm³/mol.